The molecule has 0 aliphatic carbocycles. The van der Waals surface area contributed by atoms with Crippen molar-refractivity contribution in [2.75, 3.05) is 20.6 Å². The van der Waals surface area contributed by atoms with Crippen LogP contribution < -0.4 is 12.4 Å². The zero-order chi connectivity index (χ0) is 16.4. The minimum atomic E-state index is -0.380. The largest absolute Gasteiger partial charge is 1.00 e. The summed E-state index contributed by atoms with van der Waals surface area (Å²) in [5, 5.41) is 9.91. The van der Waals surface area contributed by atoms with Gasteiger partial charge in [0.05, 0.1) is 26.7 Å². The van der Waals surface area contributed by atoms with Crippen LogP contribution in [-0.4, -0.2) is 30.2 Å². The molecule has 0 aromatic heterocycles. The number of halogens is 1. The molecular formula is C20H36ClNO. The molecule has 134 valence electrons. The van der Waals surface area contributed by atoms with Crippen LogP contribution in [0.15, 0.2) is 24.3 Å². The number of aliphatic hydroxyl groups is 1. The van der Waals surface area contributed by atoms with E-state index in [4.69, 9.17) is 0 Å². The van der Waals surface area contributed by atoms with E-state index in [0.717, 1.165) is 16.6 Å². The molecule has 1 N–H and O–H groups in total. The Morgan fingerprint density at radius 3 is 2.13 bits per heavy atom. The third-order valence-corrected chi connectivity index (χ3v) is 4.47. The van der Waals surface area contributed by atoms with Crippen LogP contribution in [0.1, 0.15) is 76.0 Å². The molecule has 0 saturated carbocycles. The zero-order valence-electron chi connectivity index (χ0n) is 15.5. The number of aliphatic hydroxyl groups excluding tert-OH is 1. The topological polar surface area (TPSA) is 20.2 Å². The predicted octanol–water partition coefficient (Wildman–Crippen LogP) is 2.07. The Labute approximate surface area is 149 Å². The van der Waals surface area contributed by atoms with Crippen molar-refractivity contribution in [1.82, 2.24) is 0 Å². The van der Waals surface area contributed by atoms with E-state index in [1.807, 2.05) is 19.1 Å². The molecule has 0 saturated heterocycles. The van der Waals surface area contributed by atoms with Gasteiger partial charge in [0.1, 0.15) is 6.54 Å². The standard InChI is InChI=1S/C20H36NO.ClH/c1-5-6-7-8-9-10-13-16-21(3,4)17-19-14-11-12-15-20(19)18(2)22;/h11-12,14-15,18,22H,5-10,13,16-17H2,1-4H3;1H/q+1;/p-1. The second kappa shape index (κ2) is 11.9. The number of hydrogen-bond acceptors (Lipinski definition) is 1. The Morgan fingerprint density at radius 1 is 0.957 bits per heavy atom. The van der Waals surface area contributed by atoms with Gasteiger partial charge in [-0.1, -0.05) is 63.3 Å². The van der Waals surface area contributed by atoms with E-state index < -0.39 is 0 Å². The van der Waals surface area contributed by atoms with Gasteiger partial charge in [0, 0.05) is 5.56 Å². The lowest BCUT2D eigenvalue weighted by atomic mass is 10.0. The van der Waals surface area contributed by atoms with Crippen LogP contribution in [0.3, 0.4) is 0 Å². The summed E-state index contributed by atoms with van der Waals surface area (Å²) in [6.07, 6.45) is 9.16. The maximum Gasteiger partial charge on any atom is 0.104 e. The highest BCUT2D eigenvalue weighted by molar-refractivity contribution is 5.28. The van der Waals surface area contributed by atoms with E-state index in [9.17, 15) is 5.11 Å². The molecule has 0 radical (unpaired) electrons. The first kappa shape index (κ1) is 22.4. The molecule has 0 fully saturated rings. The maximum atomic E-state index is 9.91. The summed E-state index contributed by atoms with van der Waals surface area (Å²) < 4.78 is 0.999. The summed E-state index contributed by atoms with van der Waals surface area (Å²) in [4.78, 5) is 0. The molecule has 2 nitrogen and oxygen atoms in total. The van der Waals surface area contributed by atoms with Crippen LogP contribution in [-0.2, 0) is 6.54 Å². The maximum absolute atomic E-state index is 9.91. The second-order valence-electron chi connectivity index (χ2n) is 7.31. The summed E-state index contributed by atoms with van der Waals surface area (Å²) in [6.45, 7) is 6.33. The van der Waals surface area contributed by atoms with Gasteiger partial charge in [0.15, 0.2) is 0 Å². The van der Waals surface area contributed by atoms with E-state index in [-0.39, 0.29) is 18.5 Å². The van der Waals surface area contributed by atoms with Gasteiger partial charge in [-0.2, -0.15) is 0 Å². The van der Waals surface area contributed by atoms with Crippen molar-refractivity contribution in [3.63, 3.8) is 0 Å². The normalized spacial score (nSPS) is 12.7. The SMILES string of the molecule is CCCCCCCCC[N+](C)(C)Cc1ccccc1C(C)O.[Cl-]. The minimum absolute atomic E-state index is 0. The van der Waals surface area contributed by atoms with E-state index in [2.05, 4.69) is 33.2 Å². The van der Waals surface area contributed by atoms with E-state index in [1.54, 1.807) is 0 Å². The van der Waals surface area contributed by atoms with Crippen LogP contribution in [0.2, 0.25) is 0 Å². The van der Waals surface area contributed by atoms with E-state index in [0.29, 0.717) is 0 Å². The fourth-order valence-electron chi connectivity index (χ4n) is 3.12. The lowest BCUT2D eigenvalue weighted by molar-refractivity contribution is -0.903. The third kappa shape index (κ3) is 9.34. The van der Waals surface area contributed by atoms with Crippen LogP contribution in [0.25, 0.3) is 0 Å². The molecule has 0 aliphatic rings. The summed E-state index contributed by atoms with van der Waals surface area (Å²) in [5.74, 6) is 0. The van der Waals surface area contributed by atoms with Crippen LogP contribution in [0.5, 0.6) is 0 Å². The monoisotopic (exact) mass is 341 g/mol. The van der Waals surface area contributed by atoms with Crippen molar-refractivity contribution in [3.8, 4) is 0 Å². The van der Waals surface area contributed by atoms with Crippen molar-refractivity contribution in [2.24, 2.45) is 0 Å². The van der Waals surface area contributed by atoms with Gasteiger partial charge in [-0.25, -0.2) is 0 Å². The van der Waals surface area contributed by atoms with Crippen molar-refractivity contribution in [1.29, 1.82) is 0 Å². The minimum Gasteiger partial charge on any atom is -1.00 e. The molecule has 1 aromatic rings. The lowest BCUT2D eigenvalue weighted by Crippen LogP contribution is -3.00. The Balaban J connectivity index is 0.00000484. The van der Waals surface area contributed by atoms with Gasteiger partial charge >= 0.3 is 0 Å². The molecule has 1 aromatic carbocycles. The first-order valence-corrected chi connectivity index (χ1v) is 9.04. The fraction of sp³-hybridized carbons (Fsp3) is 0.700. The summed E-state index contributed by atoms with van der Waals surface area (Å²) in [7, 11) is 4.60. The van der Waals surface area contributed by atoms with Crippen LogP contribution in [0.4, 0.5) is 0 Å². The molecule has 3 heteroatoms. The number of unbranched alkanes of at least 4 members (excludes halogenated alkanes) is 6. The van der Waals surface area contributed by atoms with Gasteiger partial charge in [-0.15, -0.1) is 0 Å². The first-order chi connectivity index (χ1) is 10.5. The molecule has 23 heavy (non-hydrogen) atoms. The van der Waals surface area contributed by atoms with Crippen LogP contribution in [0, 0.1) is 0 Å². The smallest absolute Gasteiger partial charge is 0.104 e. The average molecular weight is 342 g/mol. The lowest BCUT2D eigenvalue weighted by Gasteiger charge is -2.31. The molecular weight excluding hydrogens is 306 g/mol. The summed E-state index contributed by atoms with van der Waals surface area (Å²) >= 11 is 0. The summed E-state index contributed by atoms with van der Waals surface area (Å²) in [6, 6.07) is 8.30. The Hall–Kier alpha value is -0.570. The Morgan fingerprint density at radius 2 is 1.52 bits per heavy atom. The van der Waals surface area contributed by atoms with Gasteiger partial charge in [0.25, 0.3) is 0 Å². The number of hydrogen-bond donors (Lipinski definition) is 1. The third-order valence-electron chi connectivity index (χ3n) is 4.47. The highest BCUT2D eigenvalue weighted by atomic mass is 35.5. The molecule has 1 unspecified atom stereocenters. The van der Waals surface area contributed by atoms with Gasteiger partial charge in [0.2, 0.25) is 0 Å². The molecule has 1 atom stereocenters. The van der Waals surface area contributed by atoms with E-state index in [1.165, 1.54) is 57.1 Å². The number of benzene rings is 1. The molecule has 0 bridgehead atoms. The highest BCUT2D eigenvalue weighted by Crippen LogP contribution is 2.21. The molecule has 0 amide bonds. The first-order valence-electron chi connectivity index (χ1n) is 9.04. The van der Waals surface area contributed by atoms with Crippen molar-refractivity contribution < 1.29 is 22.0 Å². The number of rotatable bonds is 11. The predicted molar refractivity (Wildman–Crippen MR) is 95.7 cm³/mol. The van der Waals surface area contributed by atoms with Crippen molar-refractivity contribution >= 4 is 0 Å². The number of quaternary nitrogens is 1. The Bertz CT molecular complexity index is 418. The van der Waals surface area contributed by atoms with Crippen molar-refractivity contribution in [3.05, 3.63) is 35.4 Å². The highest BCUT2D eigenvalue weighted by Gasteiger charge is 2.18. The van der Waals surface area contributed by atoms with Gasteiger partial charge in [-0.3, -0.25) is 0 Å². The van der Waals surface area contributed by atoms with E-state index >= 15 is 0 Å². The molecule has 0 aliphatic heterocycles. The second-order valence-corrected chi connectivity index (χ2v) is 7.31. The Kier molecular flexibility index (Phi) is 11.6. The summed E-state index contributed by atoms with van der Waals surface area (Å²) in [5.41, 5.74) is 2.36. The quantitative estimate of drug-likeness (QED) is 0.482. The fourth-order valence-corrected chi connectivity index (χ4v) is 3.12. The van der Waals surface area contributed by atoms with Crippen LogP contribution >= 0.6 is 0 Å². The van der Waals surface area contributed by atoms with Gasteiger partial charge < -0.3 is 22.0 Å². The zero-order valence-corrected chi connectivity index (χ0v) is 16.3. The molecule has 0 heterocycles. The molecule has 0 spiro atoms. The number of nitrogens with zero attached hydrogens (tertiary/aromatic N) is 1. The molecule has 1 rings (SSSR count). The van der Waals surface area contributed by atoms with Gasteiger partial charge in [-0.05, 0) is 25.3 Å². The van der Waals surface area contributed by atoms with Crippen molar-refractivity contribution in [2.45, 2.75) is 71.4 Å². The average Bonchev–Trinajstić information content (AvgIpc) is 2.46.